The number of pyridine rings is 1. The first-order valence-corrected chi connectivity index (χ1v) is 5.63. The summed E-state index contributed by atoms with van der Waals surface area (Å²) in [5, 5.41) is 3.50. The summed E-state index contributed by atoms with van der Waals surface area (Å²) < 4.78 is 0.942. The predicted molar refractivity (Wildman–Crippen MR) is 62.2 cm³/mol. The zero-order valence-corrected chi connectivity index (χ0v) is 9.76. The average Bonchev–Trinajstić information content (AvgIpc) is 2.93. The third-order valence-corrected chi connectivity index (χ3v) is 3.45. The van der Waals surface area contributed by atoms with E-state index in [1.807, 2.05) is 0 Å². The average molecular weight is 256 g/mol. The monoisotopic (exact) mass is 255 g/mol. The molecule has 0 bridgehead atoms. The van der Waals surface area contributed by atoms with Crippen molar-refractivity contribution in [2.45, 2.75) is 31.7 Å². The van der Waals surface area contributed by atoms with Crippen LogP contribution in [-0.4, -0.2) is 10.5 Å². The minimum absolute atomic E-state index is 0.290. The van der Waals surface area contributed by atoms with Crippen LogP contribution in [0.3, 0.4) is 0 Å². The van der Waals surface area contributed by atoms with Gasteiger partial charge >= 0.3 is 0 Å². The molecule has 0 spiro atoms. The van der Waals surface area contributed by atoms with Crippen LogP contribution in [0.15, 0.2) is 16.9 Å². The molecule has 1 aromatic heterocycles. The van der Waals surface area contributed by atoms with Gasteiger partial charge in [0.05, 0.1) is 22.0 Å². The van der Waals surface area contributed by atoms with Crippen molar-refractivity contribution in [2.75, 3.05) is 11.1 Å². The molecule has 14 heavy (non-hydrogen) atoms. The Morgan fingerprint density at radius 2 is 2.29 bits per heavy atom. The van der Waals surface area contributed by atoms with Crippen molar-refractivity contribution < 1.29 is 0 Å². The maximum atomic E-state index is 5.86. The van der Waals surface area contributed by atoms with Crippen molar-refractivity contribution in [3.8, 4) is 0 Å². The van der Waals surface area contributed by atoms with Crippen molar-refractivity contribution >= 4 is 27.3 Å². The van der Waals surface area contributed by atoms with Crippen LogP contribution < -0.4 is 11.1 Å². The molecule has 0 radical (unpaired) electrons. The Morgan fingerprint density at radius 3 is 2.79 bits per heavy atom. The fourth-order valence-electron chi connectivity index (χ4n) is 1.56. The maximum Gasteiger partial charge on any atom is 0.0754 e. The molecular formula is C10H14BrN3. The molecule has 2 rings (SSSR count). The first-order valence-electron chi connectivity index (χ1n) is 4.84. The van der Waals surface area contributed by atoms with E-state index < -0.39 is 0 Å². The van der Waals surface area contributed by atoms with Gasteiger partial charge in [-0.05, 0) is 35.2 Å². The van der Waals surface area contributed by atoms with Gasteiger partial charge in [-0.15, -0.1) is 0 Å². The highest BCUT2D eigenvalue weighted by Gasteiger charge is 2.41. The quantitative estimate of drug-likeness (QED) is 0.874. The van der Waals surface area contributed by atoms with Crippen molar-refractivity contribution in [3.05, 3.63) is 16.9 Å². The molecule has 0 amide bonds. The second-order valence-corrected chi connectivity index (χ2v) is 4.70. The highest BCUT2D eigenvalue weighted by Crippen LogP contribution is 2.44. The molecular weight excluding hydrogens is 242 g/mol. The molecule has 0 unspecified atom stereocenters. The molecule has 1 aromatic rings. The first kappa shape index (κ1) is 9.77. The molecule has 1 fully saturated rings. The van der Waals surface area contributed by atoms with E-state index in [4.69, 9.17) is 5.73 Å². The lowest BCUT2D eigenvalue weighted by Crippen LogP contribution is -2.20. The molecule has 4 heteroatoms. The third-order valence-electron chi connectivity index (χ3n) is 2.85. The summed E-state index contributed by atoms with van der Waals surface area (Å²) in [6.45, 7) is 2.20. The van der Waals surface area contributed by atoms with E-state index in [2.05, 4.69) is 33.2 Å². The number of nitrogens with two attached hydrogens (primary N) is 1. The number of anilines is 2. The van der Waals surface area contributed by atoms with E-state index >= 15 is 0 Å². The number of nitrogens with one attached hydrogen (secondary N) is 1. The van der Waals surface area contributed by atoms with Crippen LogP contribution in [0.5, 0.6) is 0 Å². The molecule has 76 valence electrons. The number of nitrogens with zero attached hydrogens (tertiary/aromatic N) is 1. The van der Waals surface area contributed by atoms with Gasteiger partial charge in [0.15, 0.2) is 0 Å². The molecule has 1 aliphatic rings. The fourth-order valence-corrected chi connectivity index (χ4v) is 2.01. The van der Waals surface area contributed by atoms with Gasteiger partial charge in [0.1, 0.15) is 0 Å². The van der Waals surface area contributed by atoms with E-state index in [-0.39, 0.29) is 5.54 Å². The topological polar surface area (TPSA) is 50.9 Å². The molecule has 3 N–H and O–H groups in total. The Kier molecular flexibility index (Phi) is 2.39. The van der Waals surface area contributed by atoms with Gasteiger partial charge in [-0.25, -0.2) is 0 Å². The van der Waals surface area contributed by atoms with Gasteiger partial charge in [-0.2, -0.15) is 0 Å². The second kappa shape index (κ2) is 3.42. The van der Waals surface area contributed by atoms with Gasteiger partial charge in [-0.3, -0.25) is 4.98 Å². The van der Waals surface area contributed by atoms with Crippen molar-refractivity contribution in [1.82, 2.24) is 4.98 Å². The van der Waals surface area contributed by atoms with Crippen molar-refractivity contribution in [2.24, 2.45) is 0 Å². The summed E-state index contributed by atoms with van der Waals surface area (Å²) in [4.78, 5) is 4.01. The molecule has 0 aliphatic heterocycles. The minimum Gasteiger partial charge on any atom is -0.396 e. The Bertz CT molecular complexity index is 327. The number of hydrogen-bond acceptors (Lipinski definition) is 3. The SMILES string of the molecule is CCC1(Nc2c(N)cncc2Br)CC1. The Morgan fingerprint density at radius 1 is 1.57 bits per heavy atom. The first-order chi connectivity index (χ1) is 6.67. The Hall–Kier alpha value is -0.770. The summed E-state index contributed by atoms with van der Waals surface area (Å²) in [5.41, 5.74) is 7.84. The number of aromatic nitrogens is 1. The van der Waals surface area contributed by atoms with E-state index in [0.717, 1.165) is 16.6 Å². The lowest BCUT2D eigenvalue weighted by Gasteiger charge is -2.18. The predicted octanol–water partition coefficient (Wildman–Crippen LogP) is 2.78. The van der Waals surface area contributed by atoms with Gasteiger partial charge < -0.3 is 11.1 Å². The highest BCUT2D eigenvalue weighted by atomic mass is 79.9. The summed E-state index contributed by atoms with van der Waals surface area (Å²) in [6, 6.07) is 0. The van der Waals surface area contributed by atoms with E-state index in [1.165, 1.54) is 12.8 Å². The minimum atomic E-state index is 0.290. The summed E-state index contributed by atoms with van der Waals surface area (Å²) >= 11 is 3.45. The van der Waals surface area contributed by atoms with Gasteiger partial charge in [0.25, 0.3) is 0 Å². The van der Waals surface area contributed by atoms with E-state index in [1.54, 1.807) is 12.4 Å². The Labute approximate surface area is 92.2 Å². The van der Waals surface area contributed by atoms with Crippen LogP contribution in [0.1, 0.15) is 26.2 Å². The summed E-state index contributed by atoms with van der Waals surface area (Å²) in [5.74, 6) is 0. The van der Waals surface area contributed by atoms with Crippen LogP contribution in [0.25, 0.3) is 0 Å². The molecule has 1 aliphatic carbocycles. The van der Waals surface area contributed by atoms with Gasteiger partial charge in [0.2, 0.25) is 0 Å². The Balaban J connectivity index is 2.24. The van der Waals surface area contributed by atoms with Crippen LogP contribution in [0, 0.1) is 0 Å². The standard InChI is InChI=1S/C10H14BrN3/c1-2-10(3-4-10)14-9-7(11)5-13-6-8(9)12/h5-6H,2-4,12H2,1H3,(H,13,14). The molecule has 1 saturated carbocycles. The molecule has 0 aromatic carbocycles. The number of halogens is 1. The molecule has 0 atom stereocenters. The summed E-state index contributed by atoms with van der Waals surface area (Å²) in [7, 11) is 0. The maximum absolute atomic E-state index is 5.86. The van der Waals surface area contributed by atoms with Crippen molar-refractivity contribution in [1.29, 1.82) is 0 Å². The zero-order valence-electron chi connectivity index (χ0n) is 8.18. The number of nitrogen functional groups attached to an aromatic ring is 1. The smallest absolute Gasteiger partial charge is 0.0754 e. The zero-order chi connectivity index (χ0) is 10.2. The summed E-state index contributed by atoms with van der Waals surface area (Å²) in [6.07, 6.45) is 7.06. The van der Waals surface area contributed by atoms with Gasteiger partial charge in [-0.1, -0.05) is 6.92 Å². The number of hydrogen-bond donors (Lipinski definition) is 2. The largest absolute Gasteiger partial charge is 0.396 e. The van der Waals surface area contributed by atoms with Crippen LogP contribution in [0.2, 0.25) is 0 Å². The molecule has 0 saturated heterocycles. The van der Waals surface area contributed by atoms with Crippen LogP contribution >= 0.6 is 15.9 Å². The number of rotatable bonds is 3. The lowest BCUT2D eigenvalue weighted by atomic mass is 10.2. The van der Waals surface area contributed by atoms with E-state index in [0.29, 0.717) is 5.69 Å². The molecule has 3 nitrogen and oxygen atoms in total. The molecule has 1 heterocycles. The van der Waals surface area contributed by atoms with Gasteiger partial charge in [0, 0.05) is 11.7 Å². The van der Waals surface area contributed by atoms with E-state index in [9.17, 15) is 0 Å². The lowest BCUT2D eigenvalue weighted by molar-refractivity contribution is 0.701. The normalized spacial score (nSPS) is 17.9. The fraction of sp³-hybridized carbons (Fsp3) is 0.500. The highest BCUT2D eigenvalue weighted by molar-refractivity contribution is 9.10. The third kappa shape index (κ3) is 1.71. The van der Waals surface area contributed by atoms with Crippen LogP contribution in [0.4, 0.5) is 11.4 Å². The van der Waals surface area contributed by atoms with Crippen molar-refractivity contribution in [3.63, 3.8) is 0 Å². The van der Waals surface area contributed by atoms with Crippen LogP contribution in [-0.2, 0) is 0 Å². The second-order valence-electron chi connectivity index (χ2n) is 3.84.